The molecule has 3 aliphatic rings. The number of amides is 3. The highest BCUT2D eigenvalue weighted by Gasteiger charge is 2.40. The quantitative estimate of drug-likeness (QED) is 0.556. The summed E-state index contributed by atoms with van der Waals surface area (Å²) in [6, 6.07) is 5.35. The first-order chi connectivity index (χ1) is 20.5. The van der Waals surface area contributed by atoms with Gasteiger partial charge < -0.3 is 15.0 Å². The average molecular weight is 530 g/mol. The molecule has 3 aliphatic heterocycles. The number of benzene rings is 2. The average Bonchev–Trinajstić information content (AvgIpc) is 3.10. The molecule has 2 saturated heterocycles. The number of fused-ring (bicyclic) bond motifs is 1. The molecule has 0 aliphatic carbocycles. The van der Waals surface area contributed by atoms with Crippen LogP contribution in [0.5, 0.6) is 0 Å². The van der Waals surface area contributed by atoms with Crippen LogP contribution >= 0.6 is 0 Å². The van der Waals surface area contributed by atoms with Crippen LogP contribution in [-0.2, 0) is 33.9 Å². The number of nitrogens with zero attached hydrogens (tertiary/aromatic N) is 2. The van der Waals surface area contributed by atoms with Crippen molar-refractivity contribution in [1.29, 1.82) is 0 Å². The van der Waals surface area contributed by atoms with Crippen LogP contribution in [0.3, 0.4) is 0 Å². The molecule has 0 aromatic heterocycles. The van der Waals surface area contributed by atoms with E-state index < -0.39 is 48.8 Å². The van der Waals surface area contributed by atoms with E-state index in [1.54, 1.807) is 17.4 Å². The number of nitrogens with one attached hydrogen (secondary N) is 2. The molecule has 9 heteroatoms. The Morgan fingerprint density at radius 3 is 2.61 bits per heavy atom. The van der Waals surface area contributed by atoms with Gasteiger partial charge in [0.15, 0.2) is 0 Å². The van der Waals surface area contributed by atoms with E-state index in [4.69, 9.17) is 14.3 Å². The van der Waals surface area contributed by atoms with Crippen molar-refractivity contribution in [2.75, 3.05) is 18.4 Å². The third-order valence-electron chi connectivity index (χ3n) is 6.44. The molecule has 2 aromatic rings. The van der Waals surface area contributed by atoms with E-state index in [2.05, 4.69) is 10.2 Å². The number of imide groups is 1. The molecular formula is C29H35FN4O4. The van der Waals surface area contributed by atoms with E-state index in [9.17, 15) is 14.4 Å². The smallest absolute Gasteiger partial charge is 0.255 e. The van der Waals surface area contributed by atoms with E-state index >= 15 is 4.39 Å². The second-order valence-electron chi connectivity index (χ2n) is 10.9. The van der Waals surface area contributed by atoms with Crippen LogP contribution in [0.2, 0.25) is 0 Å². The second kappa shape index (κ2) is 9.78. The van der Waals surface area contributed by atoms with Crippen molar-refractivity contribution in [3.63, 3.8) is 0 Å². The highest BCUT2D eigenvalue weighted by Crippen LogP contribution is 2.33. The second-order valence-corrected chi connectivity index (χ2v) is 10.9. The molecule has 0 spiro atoms. The maximum absolute atomic E-state index is 15.3. The van der Waals surface area contributed by atoms with Crippen LogP contribution in [0.15, 0.2) is 36.4 Å². The van der Waals surface area contributed by atoms with Gasteiger partial charge in [-0.2, -0.15) is 0 Å². The predicted octanol–water partition coefficient (Wildman–Crippen LogP) is 3.59. The Morgan fingerprint density at radius 1 is 1.16 bits per heavy atom. The van der Waals surface area contributed by atoms with E-state index in [-0.39, 0.29) is 45.0 Å². The Labute approximate surface area is 232 Å². The maximum Gasteiger partial charge on any atom is 0.255 e. The van der Waals surface area contributed by atoms with E-state index in [0.29, 0.717) is 19.6 Å². The number of anilines is 1. The number of hydrogen-bond acceptors (Lipinski definition) is 6. The van der Waals surface area contributed by atoms with Gasteiger partial charge >= 0.3 is 0 Å². The van der Waals surface area contributed by atoms with Crippen molar-refractivity contribution in [3.8, 4) is 0 Å². The Hall–Kier alpha value is -3.30. The minimum atomic E-state index is -3.64. The Kier molecular flexibility index (Phi) is 4.86. The monoisotopic (exact) mass is 529 g/mol. The zero-order valence-corrected chi connectivity index (χ0v) is 21.7. The number of rotatable bonds is 6. The first-order valence-electron chi connectivity index (χ1n) is 15.8. The summed E-state index contributed by atoms with van der Waals surface area (Å²) in [5.74, 6) is -5.08. The van der Waals surface area contributed by atoms with Crippen molar-refractivity contribution in [1.82, 2.24) is 15.1 Å². The highest BCUT2D eigenvalue weighted by atomic mass is 19.1. The van der Waals surface area contributed by atoms with E-state index in [1.807, 2.05) is 27.7 Å². The molecule has 0 bridgehead atoms. The lowest BCUT2D eigenvalue weighted by Crippen LogP contribution is -2.56. The van der Waals surface area contributed by atoms with Crippen molar-refractivity contribution in [2.24, 2.45) is 0 Å². The minimum absolute atomic E-state index is 0.0223. The largest absolute Gasteiger partial charge is 0.381 e. The first-order valence-corrected chi connectivity index (χ1v) is 12.3. The third-order valence-corrected chi connectivity index (χ3v) is 6.44. The number of carbonyl (C=O) groups excluding carboxylic acids is 3. The number of morpholine rings is 1. The zero-order chi connectivity index (χ0) is 33.5. The summed E-state index contributed by atoms with van der Waals surface area (Å²) in [5.41, 5.74) is -0.354. The van der Waals surface area contributed by atoms with Crippen LogP contribution < -0.4 is 10.6 Å². The summed E-state index contributed by atoms with van der Waals surface area (Å²) in [6.07, 6.45) is -7.09. The molecular weight excluding hydrogens is 487 g/mol. The first kappa shape index (κ1) is 18.9. The lowest BCUT2D eigenvalue weighted by molar-refractivity contribution is -0.182. The van der Waals surface area contributed by atoms with Crippen molar-refractivity contribution in [3.05, 3.63) is 64.5 Å². The summed E-state index contributed by atoms with van der Waals surface area (Å²) >= 11 is 0. The predicted molar refractivity (Wildman–Crippen MR) is 141 cm³/mol. The van der Waals surface area contributed by atoms with Gasteiger partial charge in [-0.05, 0) is 57.8 Å². The lowest BCUT2D eigenvalue weighted by Gasteiger charge is -2.47. The van der Waals surface area contributed by atoms with Gasteiger partial charge in [0.1, 0.15) is 11.8 Å². The normalized spacial score (nSPS) is 31.4. The fourth-order valence-corrected chi connectivity index (χ4v) is 5.30. The van der Waals surface area contributed by atoms with Crippen LogP contribution in [0, 0.1) is 5.82 Å². The standard InChI is InChI=1S/C29H35FN4O4/c1-28(2)16-33(17-29(3,4)38-28)14-18-8-9-19(22(30)12-18)13-31-23-7-5-6-20-21(23)15-34(27(20)37)24-10-11-25(35)32-26(24)36/h5-9,12,24,31H,10-11,13-17H2,1-4H3,(H,32,35,36)/i10D2,11D2,15D2,24D. The van der Waals surface area contributed by atoms with E-state index in [0.717, 1.165) is 5.56 Å². The van der Waals surface area contributed by atoms with Crippen LogP contribution in [0.25, 0.3) is 0 Å². The van der Waals surface area contributed by atoms with Gasteiger partial charge in [0.2, 0.25) is 11.8 Å². The van der Waals surface area contributed by atoms with Gasteiger partial charge in [0, 0.05) is 66.9 Å². The van der Waals surface area contributed by atoms with Crippen LogP contribution in [0.1, 0.15) is 77.1 Å². The molecule has 202 valence electrons. The third kappa shape index (κ3) is 5.44. The van der Waals surface area contributed by atoms with Crippen LogP contribution in [0.4, 0.5) is 10.1 Å². The zero-order valence-electron chi connectivity index (χ0n) is 28.7. The van der Waals surface area contributed by atoms with Gasteiger partial charge in [0.05, 0.1) is 15.3 Å². The number of ether oxygens (including phenoxy) is 1. The molecule has 2 fully saturated rings. The topological polar surface area (TPSA) is 91.0 Å². The van der Waals surface area contributed by atoms with Gasteiger partial charge in [-0.25, -0.2) is 4.39 Å². The number of halogens is 1. The fourth-order valence-electron chi connectivity index (χ4n) is 5.30. The number of carbonyl (C=O) groups is 3. The number of piperidine rings is 1. The van der Waals surface area contributed by atoms with Crippen LogP contribution in [-0.4, -0.2) is 57.8 Å². The fraction of sp³-hybridized carbons (Fsp3) is 0.483. The maximum atomic E-state index is 15.3. The van der Waals surface area contributed by atoms with Crippen molar-refractivity contribution >= 4 is 23.4 Å². The SMILES string of the molecule is [2H]C1([2H])c2c(NCc3ccc(CN4CC(C)(C)OC(C)(C)C4)cc3F)cccc2C(=O)N1C1([2H])C(=O)NC(=O)C([2H])([2H])C1([2H])[2H]. The summed E-state index contributed by atoms with van der Waals surface area (Å²) < 4.78 is 80.2. The molecule has 5 rings (SSSR count). The molecule has 8 nitrogen and oxygen atoms in total. The molecule has 2 N–H and O–H groups in total. The molecule has 1 atom stereocenters. The lowest BCUT2D eigenvalue weighted by atomic mass is 9.98. The molecule has 2 aromatic carbocycles. The van der Waals surface area contributed by atoms with Crippen molar-refractivity contribution < 1.29 is 33.1 Å². The van der Waals surface area contributed by atoms with Gasteiger partial charge in [-0.1, -0.05) is 18.2 Å². The molecule has 0 saturated carbocycles. The molecule has 3 amide bonds. The summed E-state index contributed by atoms with van der Waals surface area (Å²) in [4.78, 5) is 40.7. The van der Waals surface area contributed by atoms with Gasteiger partial charge in [0.25, 0.3) is 5.91 Å². The van der Waals surface area contributed by atoms with Gasteiger partial charge in [-0.15, -0.1) is 0 Å². The summed E-state index contributed by atoms with van der Waals surface area (Å²) in [7, 11) is 0. The Balaban J connectivity index is 1.40. The highest BCUT2D eigenvalue weighted by molar-refractivity contribution is 6.06. The number of hydrogen-bond donors (Lipinski definition) is 2. The minimum Gasteiger partial charge on any atom is -0.381 e. The molecule has 3 heterocycles. The Bertz CT molecular complexity index is 1590. The van der Waals surface area contributed by atoms with Crippen molar-refractivity contribution in [2.45, 2.75) is 77.2 Å². The Morgan fingerprint density at radius 2 is 1.89 bits per heavy atom. The molecule has 38 heavy (non-hydrogen) atoms. The summed E-state index contributed by atoms with van der Waals surface area (Å²) in [6.45, 7) is 6.73. The van der Waals surface area contributed by atoms with Gasteiger partial charge in [-0.3, -0.25) is 24.6 Å². The molecule has 0 radical (unpaired) electrons. The van der Waals surface area contributed by atoms with E-state index in [1.165, 1.54) is 24.3 Å². The summed E-state index contributed by atoms with van der Waals surface area (Å²) in [5, 5.41) is 4.50. The molecule has 1 unspecified atom stereocenters.